The lowest BCUT2D eigenvalue weighted by Crippen LogP contribution is -2.46. The predicted molar refractivity (Wildman–Crippen MR) is 259 cm³/mol. The van der Waals surface area contributed by atoms with Crippen LogP contribution in [0.25, 0.3) is 0 Å². The molecule has 1 amide bonds. The highest BCUT2D eigenvalue weighted by molar-refractivity contribution is 5.77. The van der Waals surface area contributed by atoms with Gasteiger partial charge in [-0.15, -0.1) is 0 Å². The molecule has 3 N–H and O–H groups in total. The lowest BCUT2D eigenvalue weighted by atomic mass is 10.0. The second-order valence-electron chi connectivity index (χ2n) is 16.1. The van der Waals surface area contributed by atoms with Crippen LogP contribution in [0, 0.1) is 0 Å². The van der Waals surface area contributed by atoms with Gasteiger partial charge in [0.2, 0.25) is 5.91 Å². The van der Waals surface area contributed by atoms with Gasteiger partial charge in [-0.25, -0.2) is 0 Å². The highest BCUT2D eigenvalue weighted by Gasteiger charge is 2.23. The molecule has 0 aromatic carbocycles. The summed E-state index contributed by atoms with van der Waals surface area (Å²) in [6.07, 6.45) is 61.9. The molecule has 0 aliphatic rings. The molecule has 0 fully saturated rings. The number of unbranched alkanes of at least 4 members (excludes halogenated alkanes) is 14. The summed E-state index contributed by atoms with van der Waals surface area (Å²) in [6.45, 7) is 6.28. The first-order valence-corrected chi connectivity index (χ1v) is 24.5. The zero-order chi connectivity index (χ0) is 43.8. The molecule has 342 valence electrons. The Morgan fingerprint density at radius 1 is 0.500 bits per heavy atom. The minimum Gasteiger partial charge on any atom is -0.462 e. The Morgan fingerprint density at radius 3 is 1.40 bits per heavy atom. The maximum atomic E-state index is 13.1. The van der Waals surface area contributed by atoms with E-state index in [1.54, 1.807) is 0 Å². The fourth-order valence-electron chi connectivity index (χ4n) is 6.71. The number of carbonyl (C=O) groups excluding carboxylic acids is 2. The van der Waals surface area contributed by atoms with E-state index in [4.69, 9.17) is 4.74 Å². The van der Waals surface area contributed by atoms with Gasteiger partial charge in [0, 0.05) is 6.42 Å². The molecule has 0 aliphatic carbocycles. The fraction of sp³-hybridized carbons (Fsp3) is 0.667. The number of carbonyl (C=O) groups is 2. The summed E-state index contributed by atoms with van der Waals surface area (Å²) >= 11 is 0. The lowest BCUT2D eigenvalue weighted by Gasteiger charge is -2.24. The molecule has 0 heterocycles. The minimum atomic E-state index is -0.815. The van der Waals surface area contributed by atoms with Crippen molar-refractivity contribution in [2.45, 2.75) is 225 Å². The molecular weight excluding hydrogens is 743 g/mol. The molecule has 0 aliphatic heterocycles. The number of allylic oxidation sites excluding steroid dienone is 16. The van der Waals surface area contributed by atoms with E-state index in [0.29, 0.717) is 25.7 Å². The van der Waals surface area contributed by atoms with Crippen LogP contribution in [0.1, 0.15) is 207 Å². The number of hydrogen-bond acceptors (Lipinski definition) is 5. The van der Waals surface area contributed by atoms with Crippen molar-refractivity contribution >= 4 is 11.9 Å². The van der Waals surface area contributed by atoms with Gasteiger partial charge in [-0.1, -0.05) is 195 Å². The number of amides is 1. The summed E-state index contributed by atoms with van der Waals surface area (Å²) in [7, 11) is 0. The molecule has 60 heavy (non-hydrogen) atoms. The van der Waals surface area contributed by atoms with E-state index in [-0.39, 0.29) is 24.9 Å². The van der Waals surface area contributed by atoms with Gasteiger partial charge in [0.1, 0.15) is 6.10 Å². The topological polar surface area (TPSA) is 95.9 Å². The number of nitrogens with one attached hydrogen (secondary N) is 1. The maximum Gasteiger partial charge on any atom is 0.306 e. The largest absolute Gasteiger partial charge is 0.462 e. The van der Waals surface area contributed by atoms with Gasteiger partial charge >= 0.3 is 5.97 Å². The van der Waals surface area contributed by atoms with Gasteiger partial charge in [0.25, 0.3) is 0 Å². The molecule has 0 radical (unpaired) electrons. The average Bonchev–Trinajstić information content (AvgIpc) is 3.24. The van der Waals surface area contributed by atoms with Crippen molar-refractivity contribution in [3.63, 3.8) is 0 Å². The number of ether oxygens (including phenoxy) is 1. The molecule has 0 saturated heterocycles. The molecule has 6 heteroatoms. The van der Waals surface area contributed by atoms with Crippen LogP contribution < -0.4 is 5.32 Å². The Morgan fingerprint density at radius 2 is 0.917 bits per heavy atom. The van der Waals surface area contributed by atoms with Gasteiger partial charge < -0.3 is 20.3 Å². The standard InChI is InChI=1S/C54H91NO5/c1-4-7-10-13-16-19-22-24-26-27-28-30-32-35-38-41-44-47-54(59)60-50(45-42-39-36-33-31-29-25-23-20-17-14-11-8-5-2)48-53(58)55-51(49-56)52(57)46-43-40-37-34-21-18-15-12-9-6-3/h8,11,16-17,19-20,24-26,28-30,33,35-36,38,50-52,56-57H,4-7,9-10,12-15,18,21-23,27,31-32,34,37,39-49H2,1-3H3,(H,55,58)/b11-8+,19-16-,20-17+,26-24-,29-25+,30-28-,36-33+,38-35-. The van der Waals surface area contributed by atoms with Gasteiger partial charge in [0.15, 0.2) is 0 Å². The third kappa shape index (κ3) is 41.5. The lowest BCUT2D eigenvalue weighted by molar-refractivity contribution is -0.151. The van der Waals surface area contributed by atoms with Crippen LogP contribution in [0.2, 0.25) is 0 Å². The van der Waals surface area contributed by atoms with E-state index in [2.05, 4.69) is 123 Å². The van der Waals surface area contributed by atoms with Crippen molar-refractivity contribution in [2.24, 2.45) is 0 Å². The monoisotopic (exact) mass is 834 g/mol. The molecule has 6 nitrogen and oxygen atoms in total. The number of rotatable bonds is 42. The third-order valence-corrected chi connectivity index (χ3v) is 10.4. The van der Waals surface area contributed by atoms with E-state index in [9.17, 15) is 19.8 Å². The van der Waals surface area contributed by atoms with Crippen LogP contribution in [0.5, 0.6) is 0 Å². The van der Waals surface area contributed by atoms with Crippen LogP contribution in [0.4, 0.5) is 0 Å². The second-order valence-corrected chi connectivity index (χ2v) is 16.1. The summed E-state index contributed by atoms with van der Waals surface area (Å²) in [6, 6.07) is -0.734. The van der Waals surface area contributed by atoms with Crippen molar-refractivity contribution in [1.29, 1.82) is 0 Å². The van der Waals surface area contributed by atoms with E-state index in [1.807, 2.05) is 0 Å². The molecule has 0 spiro atoms. The van der Waals surface area contributed by atoms with Gasteiger partial charge in [-0.3, -0.25) is 9.59 Å². The van der Waals surface area contributed by atoms with Crippen molar-refractivity contribution in [3.05, 3.63) is 97.2 Å². The number of esters is 1. The summed E-state index contributed by atoms with van der Waals surface area (Å²) < 4.78 is 5.86. The van der Waals surface area contributed by atoms with Crippen molar-refractivity contribution in [1.82, 2.24) is 5.32 Å². The van der Waals surface area contributed by atoms with Crippen LogP contribution in [0.15, 0.2) is 97.2 Å². The predicted octanol–water partition coefficient (Wildman–Crippen LogP) is 14.6. The van der Waals surface area contributed by atoms with E-state index in [0.717, 1.165) is 83.5 Å². The van der Waals surface area contributed by atoms with Crippen LogP contribution in [-0.4, -0.2) is 46.9 Å². The molecule has 0 saturated carbocycles. The summed E-state index contributed by atoms with van der Waals surface area (Å²) in [5, 5.41) is 23.6. The summed E-state index contributed by atoms with van der Waals surface area (Å²) in [5.41, 5.74) is 0. The normalized spacial score (nSPS) is 14.2. The molecule has 0 bridgehead atoms. The molecule has 3 unspecified atom stereocenters. The molecule has 0 rings (SSSR count). The zero-order valence-electron chi connectivity index (χ0n) is 38.8. The van der Waals surface area contributed by atoms with Crippen LogP contribution >= 0.6 is 0 Å². The molecular formula is C54H91NO5. The smallest absolute Gasteiger partial charge is 0.306 e. The molecule has 3 atom stereocenters. The van der Waals surface area contributed by atoms with E-state index in [1.165, 1.54) is 70.6 Å². The summed E-state index contributed by atoms with van der Waals surface area (Å²) in [5.74, 6) is -0.606. The third-order valence-electron chi connectivity index (χ3n) is 10.4. The Kier molecular flexibility index (Phi) is 44.3. The van der Waals surface area contributed by atoms with Gasteiger partial charge in [-0.05, 0) is 96.3 Å². The fourth-order valence-corrected chi connectivity index (χ4v) is 6.71. The van der Waals surface area contributed by atoms with E-state index < -0.39 is 18.2 Å². The summed E-state index contributed by atoms with van der Waals surface area (Å²) in [4.78, 5) is 26.0. The quantitative estimate of drug-likeness (QED) is 0.0323. The SMILES string of the molecule is CC/C=C/C/C=C/C/C=C/C/C=C/CCCC(CC(=O)NC(CO)C(O)CCCCCCCCCCCC)OC(=O)CCC/C=C\C/C=C\C/C=C\C/C=C\CCCCC. The van der Waals surface area contributed by atoms with E-state index >= 15 is 0 Å². The molecule has 0 aromatic heterocycles. The van der Waals surface area contributed by atoms with Gasteiger partial charge in [0.05, 0.1) is 25.2 Å². The number of aliphatic hydroxyl groups excluding tert-OH is 2. The Bertz CT molecular complexity index is 1210. The first kappa shape index (κ1) is 56.8. The number of aliphatic hydroxyl groups is 2. The van der Waals surface area contributed by atoms with Crippen molar-refractivity contribution in [2.75, 3.05) is 6.61 Å². The van der Waals surface area contributed by atoms with Crippen LogP contribution in [0.3, 0.4) is 0 Å². The Balaban J connectivity index is 4.79. The maximum absolute atomic E-state index is 13.1. The first-order chi connectivity index (χ1) is 29.5. The second kappa shape index (κ2) is 46.8. The highest BCUT2D eigenvalue weighted by atomic mass is 16.5. The van der Waals surface area contributed by atoms with Crippen LogP contribution in [-0.2, 0) is 14.3 Å². The number of hydrogen-bond donors (Lipinski definition) is 3. The zero-order valence-corrected chi connectivity index (χ0v) is 38.8. The van der Waals surface area contributed by atoms with Crippen molar-refractivity contribution < 1.29 is 24.5 Å². The van der Waals surface area contributed by atoms with Crippen molar-refractivity contribution in [3.8, 4) is 0 Å². The van der Waals surface area contributed by atoms with Gasteiger partial charge in [-0.2, -0.15) is 0 Å². The average molecular weight is 834 g/mol. The highest BCUT2D eigenvalue weighted by Crippen LogP contribution is 2.16. The minimum absolute atomic E-state index is 0.0125. The molecule has 0 aromatic rings. The Hall–Kier alpha value is -3.22. The Labute approximate surface area is 369 Å². The first-order valence-electron chi connectivity index (χ1n) is 24.5.